The van der Waals surface area contributed by atoms with Gasteiger partial charge in [0.05, 0.1) is 34.3 Å². The quantitative estimate of drug-likeness (QED) is 0.0622. The Kier molecular flexibility index (Phi) is 21.4. The fourth-order valence-corrected chi connectivity index (χ4v) is 14.8. The number of aromatic hydroxyl groups is 1. The molecule has 0 saturated heterocycles. The number of hydrogen-bond donors (Lipinski definition) is 3. The van der Waals surface area contributed by atoms with Gasteiger partial charge in [0.2, 0.25) is 20.0 Å². The standard InChI is InChI=1S/C25H24BrCl2NO5S2.C17H16BrCl2NO4S2.C8H9ClO/c1-32-18-5-3-16(4-6-18)14-33-22-8-7-19(34-24-20(27)11-17(26)12-21(24)28)13-23(22)36(30,31)29-25(9-10-25)15-35-2;1-26-9-17(4-5-17)21-27(23,24)15-8-11(2-3-14(15)22)25-16-12(19)6-10(18)7-13(16)20;1-10-8-4-2-7(6-9)3-5-8/h3-8,11-13,29H,9-10,14-15H2,1-2H3;2-3,6-8,21-22H,4-5,9H2,1H3;2-5H,6H2,1H3. The second-order valence-electron chi connectivity index (χ2n) is 16.6. The van der Waals surface area contributed by atoms with Crippen LogP contribution >= 0.6 is 113 Å². The molecular weight excluding hydrogens is 1250 g/mol. The van der Waals surface area contributed by atoms with E-state index in [2.05, 4.69) is 41.3 Å². The van der Waals surface area contributed by atoms with E-state index in [1.807, 2.05) is 61.0 Å². The van der Waals surface area contributed by atoms with Gasteiger partial charge < -0.3 is 28.8 Å². The molecule has 8 rings (SSSR count). The Labute approximate surface area is 476 Å². The predicted octanol–water partition coefficient (Wildman–Crippen LogP) is 15.2. The van der Waals surface area contributed by atoms with Gasteiger partial charge in [-0.15, -0.1) is 11.6 Å². The average Bonchev–Trinajstić information content (AvgIpc) is 4.29. The van der Waals surface area contributed by atoms with Crippen molar-refractivity contribution in [2.24, 2.45) is 0 Å². The van der Waals surface area contributed by atoms with E-state index in [0.717, 1.165) is 48.3 Å². The molecule has 23 heteroatoms. The van der Waals surface area contributed by atoms with Crippen LogP contribution in [0.25, 0.3) is 0 Å². The van der Waals surface area contributed by atoms with Crippen LogP contribution in [-0.2, 0) is 32.5 Å². The van der Waals surface area contributed by atoms with Gasteiger partial charge in [-0.2, -0.15) is 23.5 Å². The third-order valence-corrected chi connectivity index (χ3v) is 18.1. The lowest BCUT2D eigenvalue weighted by molar-refractivity contribution is 0.297. The lowest BCUT2D eigenvalue weighted by atomic mass is 10.2. The van der Waals surface area contributed by atoms with Gasteiger partial charge in [0.25, 0.3) is 0 Å². The van der Waals surface area contributed by atoms with E-state index in [0.29, 0.717) is 26.3 Å². The molecule has 0 aromatic heterocycles. The maximum absolute atomic E-state index is 13.5. The van der Waals surface area contributed by atoms with Gasteiger partial charge in [0.1, 0.15) is 50.9 Å². The molecule has 0 heterocycles. The molecular formula is C50H49Br2Cl5N2O10S4. The van der Waals surface area contributed by atoms with Crippen LogP contribution in [0.2, 0.25) is 20.1 Å². The second kappa shape index (κ2) is 26.4. The Morgan fingerprint density at radius 3 is 1.36 bits per heavy atom. The first kappa shape index (κ1) is 59.3. The second-order valence-corrected chi connectivity index (χ2v) is 25.4. The lowest BCUT2D eigenvalue weighted by Gasteiger charge is -2.19. The molecule has 0 radical (unpaired) electrons. The van der Waals surface area contributed by atoms with Gasteiger partial charge in [0, 0.05) is 49.5 Å². The highest BCUT2D eigenvalue weighted by molar-refractivity contribution is 9.10. The van der Waals surface area contributed by atoms with Crippen LogP contribution in [0.5, 0.6) is 46.0 Å². The maximum atomic E-state index is 13.5. The van der Waals surface area contributed by atoms with Gasteiger partial charge in [-0.05, 0) is 122 Å². The number of hydrogen-bond acceptors (Lipinski definition) is 12. The number of phenols is 1. The van der Waals surface area contributed by atoms with Crippen molar-refractivity contribution in [2.45, 2.75) is 59.0 Å². The van der Waals surface area contributed by atoms with Crippen molar-refractivity contribution >= 4 is 133 Å². The van der Waals surface area contributed by atoms with Crippen LogP contribution in [0.1, 0.15) is 36.8 Å². The summed E-state index contributed by atoms with van der Waals surface area (Å²) in [6, 6.07) is 30.1. The van der Waals surface area contributed by atoms with Crippen LogP contribution in [0, 0.1) is 0 Å². The Hall–Kier alpha value is -2.95. The van der Waals surface area contributed by atoms with Crippen molar-refractivity contribution in [3.63, 3.8) is 0 Å². The largest absolute Gasteiger partial charge is 0.507 e. The molecule has 0 amide bonds. The van der Waals surface area contributed by atoms with E-state index in [1.54, 1.807) is 74.1 Å². The topological polar surface area (TPSA) is 159 Å². The van der Waals surface area contributed by atoms with Crippen molar-refractivity contribution in [1.29, 1.82) is 0 Å². The molecule has 0 bridgehead atoms. The molecule has 0 atom stereocenters. The minimum absolute atomic E-state index is 0.0229. The minimum atomic E-state index is -3.93. The number of sulfonamides is 2. The molecule has 3 N–H and O–H groups in total. The number of benzene rings is 6. The first-order chi connectivity index (χ1) is 34.7. The SMILES string of the molecule is COc1ccc(CCl)cc1.COc1ccc(COc2ccc(Oc3c(Cl)cc(Br)cc3Cl)cc2S(=O)(=O)NC2(CSC)CC2)cc1.CSCC1(NS(=O)(=O)c2cc(Oc3c(Cl)cc(Br)cc3Cl)ccc2O)CC1. The first-order valence-corrected chi connectivity index (χ1v) is 31.2. The molecule has 2 aliphatic rings. The van der Waals surface area contributed by atoms with Gasteiger partial charge in [-0.3, -0.25) is 0 Å². The molecule has 0 spiro atoms. The Bertz CT molecular complexity index is 3030. The predicted molar refractivity (Wildman–Crippen MR) is 304 cm³/mol. The van der Waals surface area contributed by atoms with Gasteiger partial charge in [-0.25, -0.2) is 26.3 Å². The van der Waals surface area contributed by atoms with E-state index < -0.39 is 31.1 Å². The molecule has 2 fully saturated rings. The third-order valence-electron chi connectivity index (χ3n) is 10.9. The first-order valence-electron chi connectivity index (χ1n) is 21.8. The summed E-state index contributed by atoms with van der Waals surface area (Å²) in [5.74, 6) is 4.24. The normalized spacial score (nSPS) is 14.1. The monoisotopic (exact) mass is 1300 g/mol. The number of ether oxygens (including phenoxy) is 5. The van der Waals surface area contributed by atoms with Gasteiger partial charge in [-0.1, -0.05) is 103 Å². The van der Waals surface area contributed by atoms with Crippen molar-refractivity contribution in [3.05, 3.63) is 149 Å². The summed E-state index contributed by atoms with van der Waals surface area (Å²) in [5, 5.41) is 11.2. The smallest absolute Gasteiger partial charge is 0.244 e. The minimum Gasteiger partial charge on any atom is -0.507 e. The fraction of sp³-hybridized carbons (Fsp3) is 0.280. The number of nitrogens with one attached hydrogen (secondary N) is 2. The summed E-state index contributed by atoms with van der Waals surface area (Å²) in [7, 11) is -4.60. The Balaban J connectivity index is 0.000000205. The zero-order chi connectivity index (χ0) is 53.1. The summed E-state index contributed by atoms with van der Waals surface area (Å²) in [4.78, 5) is -0.276. The number of halogens is 7. The molecule has 0 unspecified atom stereocenters. The van der Waals surface area contributed by atoms with Crippen molar-refractivity contribution < 1.29 is 45.6 Å². The van der Waals surface area contributed by atoms with Crippen molar-refractivity contribution in [2.75, 3.05) is 38.2 Å². The summed E-state index contributed by atoms with van der Waals surface area (Å²) in [5.41, 5.74) is 1.09. The van der Waals surface area contributed by atoms with E-state index in [1.165, 1.54) is 24.3 Å². The van der Waals surface area contributed by atoms with E-state index >= 15 is 0 Å². The molecule has 2 aliphatic carbocycles. The lowest BCUT2D eigenvalue weighted by Crippen LogP contribution is -2.38. The van der Waals surface area contributed by atoms with E-state index in [9.17, 15) is 21.9 Å². The summed E-state index contributed by atoms with van der Waals surface area (Å²) in [6.07, 6.45) is 7.00. The average molecular weight is 1300 g/mol. The highest BCUT2D eigenvalue weighted by Gasteiger charge is 2.47. The number of thioether (sulfide) groups is 2. The van der Waals surface area contributed by atoms with Gasteiger partial charge >= 0.3 is 0 Å². The maximum Gasteiger partial charge on any atom is 0.244 e. The molecule has 6 aromatic carbocycles. The zero-order valence-corrected chi connectivity index (χ0v) is 49.7. The van der Waals surface area contributed by atoms with Crippen LogP contribution in [0.15, 0.2) is 128 Å². The van der Waals surface area contributed by atoms with Crippen LogP contribution in [-0.4, -0.2) is 71.3 Å². The zero-order valence-electron chi connectivity index (χ0n) is 39.4. The van der Waals surface area contributed by atoms with Crippen molar-refractivity contribution in [1.82, 2.24) is 9.44 Å². The molecule has 2 saturated carbocycles. The van der Waals surface area contributed by atoms with Crippen molar-refractivity contribution in [3.8, 4) is 46.0 Å². The van der Waals surface area contributed by atoms with E-state index in [-0.39, 0.29) is 71.0 Å². The molecule has 6 aromatic rings. The highest BCUT2D eigenvalue weighted by Crippen LogP contribution is 2.45. The van der Waals surface area contributed by atoms with Crippen LogP contribution in [0.4, 0.5) is 0 Å². The van der Waals surface area contributed by atoms with Crippen LogP contribution in [0.3, 0.4) is 0 Å². The molecule has 73 heavy (non-hydrogen) atoms. The van der Waals surface area contributed by atoms with E-state index in [4.69, 9.17) is 81.7 Å². The van der Waals surface area contributed by atoms with Crippen LogP contribution < -0.4 is 33.1 Å². The number of rotatable bonds is 20. The summed E-state index contributed by atoms with van der Waals surface area (Å²) in [6.45, 7) is 0.174. The molecule has 392 valence electrons. The van der Waals surface area contributed by atoms with Gasteiger partial charge in [0.15, 0.2) is 11.5 Å². The Morgan fingerprint density at radius 2 is 0.959 bits per heavy atom. The summed E-state index contributed by atoms with van der Waals surface area (Å²) < 4.78 is 87.3. The fourth-order valence-electron chi connectivity index (χ4n) is 6.83. The summed E-state index contributed by atoms with van der Waals surface area (Å²) >= 11 is 40.3. The molecule has 12 nitrogen and oxygen atoms in total. The molecule has 0 aliphatic heterocycles. The highest BCUT2D eigenvalue weighted by atomic mass is 79.9. The number of alkyl halides is 1. The Morgan fingerprint density at radius 1 is 0.575 bits per heavy atom. The number of methoxy groups -OCH3 is 2. The number of phenolic OH excluding ortho intramolecular Hbond substituents is 1. The third kappa shape index (κ3) is 16.8.